The molecule has 8 heavy (non-hydrogen) atoms. The lowest BCUT2D eigenvalue weighted by molar-refractivity contribution is -0.383. The Kier molecular flexibility index (Phi) is 1.12. The third kappa shape index (κ3) is 0.753. The van der Waals surface area contributed by atoms with Crippen LogP contribution in [0.3, 0.4) is 0 Å². The third-order valence-corrected chi connectivity index (χ3v) is 0.982. The van der Waals surface area contributed by atoms with E-state index in [0.29, 0.717) is 5.82 Å². The molecule has 1 rings (SSSR count). The van der Waals surface area contributed by atoms with Crippen molar-refractivity contribution in [1.29, 1.82) is 0 Å². The molecule has 1 aromatic rings. The smallest absolute Gasteiger partial charge is 0.286 e. The summed E-state index contributed by atoms with van der Waals surface area (Å²) in [6, 6.07) is 0. The summed E-state index contributed by atoms with van der Waals surface area (Å²) in [5.74, 6) is 0.587. The van der Waals surface area contributed by atoms with E-state index in [0.717, 1.165) is 5.56 Å². The van der Waals surface area contributed by atoms with Crippen LogP contribution in [0.25, 0.3) is 0 Å². The minimum atomic E-state index is 0.587. The molecule has 0 amide bonds. The number of nitrogens with zero attached hydrogens (tertiary/aromatic N) is 1. The molecule has 3 N–H and O–H groups in total. The van der Waals surface area contributed by atoms with Gasteiger partial charge in [-0.3, -0.25) is 0 Å². The van der Waals surface area contributed by atoms with Gasteiger partial charge in [-0.05, 0) is 11.9 Å². The lowest BCUT2D eigenvalue weighted by Gasteiger charge is -1.83. The van der Waals surface area contributed by atoms with Crippen molar-refractivity contribution in [3.63, 3.8) is 0 Å². The molecule has 1 heterocycles. The Balaban J connectivity index is 3.13. The van der Waals surface area contributed by atoms with Gasteiger partial charge in [0.25, 0.3) is 6.33 Å². The van der Waals surface area contributed by atoms with E-state index in [2.05, 4.69) is 9.97 Å². The molecule has 0 bridgehead atoms. The van der Waals surface area contributed by atoms with Gasteiger partial charge >= 0.3 is 0 Å². The number of anilines is 1. The monoisotopic (exact) mass is 110 g/mol. The molecule has 42 valence electrons. The van der Waals surface area contributed by atoms with Crippen LogP contribution in [0.1, 0.15) is 5.56 Å². The van der Waals surface area contributed by atoms with Crippen LogP contribution in [0, 0.1) is 6.92 Å². The minimum Gasteiger partial charge on any atom is -0.363 e. The molecule has 3 heteroatoms. The van der Waals surface area contributed by atoms with Crippen LogP contribution in [0.5, 0.6) is 0 Å². The van der Waals surface area contributed by atoms with Crippen molar-refractivity contribution < 1.29 is 4.98 Å². The van der Waals surface area contributed by atoms with E-state index in [1.807, 2.05) is 13.1 Å². The molecule has 0 radical (unpaired) electrons. The predicted molar refractivity (Wildman–Crippen MR) is 29.9 cm³/mol. The molecule has 0 spiro atoms. The van der Waals surface area contributed by atoms with E-state index >= 15 is 0 Å². The Labute approximate surface area is 47.6 Å². The van der Waals surface area contributed by atoms with Crippen molar-refractivity contribution in [2.75, 3.05) is 5.73 Å². The summed E-state index contributed by atoms with van der Waals surface area (Å²) < 4.78 is 0. The van der Waals surface area contributed by atoms with Gasteiger partial charge in [-0.25, -0.2) is 4.98 Å². The molecule has 0 saturated heterocycles. The standard InChI is InChI=1S/C5H7N3/c1-4-2-7-3-8-5(4)6/h2-3H,1H3,(H2,6,7,8)/p+1. The Morgan fingerprint density at radius 1 is 1.75 bits per heavy atom. The van der Waals surface area contributed by atoms with Gasteiger partial charge in [0.2, 0.25) is 5.82 Å². The van der Waals surface area contributed by atoms with Crippen LogP contribution in [0.2, 0.25) is 0 Å². The molecule has 0 fully saturated rings. The maximum atomic E-state index is 5.39. The summed E-state index contributed by atoms with van der Waals surface area (Å²) in [4.78, 5) is 6.61. The number of aromatic amines is 1. The molecule has 3 nitrogen and oxygen atoms in total. The molecule has 0 atom stereocenters. The Morgan fingerprint density at radius 2 is 2.50 bits per heavy atom. The number of nitrogen functional groups attached to an aromatic ring is 1. The third-order valence-electron chi connectivity index (χ3n) is 0.982. The topological polar surface area (TPSA) is 53.0 Å². The second kappa shape index (κ2) is 1.78. The highest BCUT2D eigenvalue weighted by Gasteiger charge is 1.95. The fourth-order valence-corrected chi connectivity index (χ4v) is 0.445. The molecular weight excluding hydrogens is 102 g/mol. The van der Waals surface area contributed by atoms with E-state index in [4.69, 9.17) is 5.73 Å². The molecule has 0 aliphatic carbocycles. The van der Waals surface area contributed by atoms with Crippen LogP contribution in [-0.4, -0.2) is 4.98 Å². The Morgan fingerprint density at radius 3 is 2.88 bits per heavy atom. The SMILES string of the molecule is Cc1c[nH+]cnc1N. The van der Waals surface area contributed by atoms with E-state index in [1.54, 1.807) is 6.33 Å². The number of aryl methyl sites for hydroxylation is 1. The average Bonchev–Trinajstić information content (AvgIpc) is 1.77. The number of H-pyrrole nitrogens is 1. The molecule has 0 aliphatic heterocycles. The van der Waals surface area contributed by atoms with Gasteiger partial charge in [0.05, 0.1) is 11.8 Å². The quantitative estimate of drug-likeness (QED) is 0.502. The zero-order valence-electron chi connectivity index (χ0n) is 4.68. The van der Waals surface area contributed by atoms with Crippen LogP contribution >= 0.6 is 0 Å². The molecule has 0 aromatic carbocycles. The maximum absolute atomic E-state index is 5.39. The largest absolute Gasteiger partial charge is 0.363 e. The summed E-state index contributed by atoms with van der Waals surface area (Å²) in [6.45, 7) is 1.90. The highest BCUT2D eigenvalue weighted by atomic mass is 14.9. The Hall–Kier alpha value is -1.12. The van der Waals surface area contributed by atoms with Gasteiger partial charge in [-0.2, -0.15) is 0 Å². The lowest BCUT2D eigenvalue weighted by Crippen LogP contribution is -2.05. The summed E-state index contributed by atoms with van der Waals surface area (Å²) in [5.41, 5.74) is 6.37. The minimum absolute atomic E-state index is 0.587. The van der Waals surface area contributed by atoms with Gasteiger partial charge in [0.15, 0.2) is 0 Å². The first kappa shape index (κ1) is 5.03. The van der Waals surface area contributed by atoms with E-state index < -0.39 is 0 Å². The summed E-state index contributed by atoms with van der Waals surface area (Å²) in [6.07, 6.45) is 3.37. The average molecular weight is 110 g/mol. The van der Waals surface area contributed by atoms with Gasteiger partial charge in [-0.15, -0.1) is 0 Å². The number of hydrogen-bond acceptors (Lipinski definition) is 2. The van der Waals surface area contributed by atoms with Gasteiger partial charge < -0.3 is 5.73 Å². The number of nitrogens with two attached hydrogens (primary N) is 1. The second-order valence-corrected chi connectivity index (χ2v) is 1.64. The number of nitrogens with one attached hydrogen (secondary N) is 1. The van der Waals surface area contributed by atoms with Crippen molar-refractivity contribution in [2.45, 2.75) is 6.92 Å². The van der Waals surface area contributed by atoms with Crippen molar-refractivity contribution in [2.24, 2.45) is 0 Å². The molecule has 0 saturated carbocycles. The molecule has 0 unspecified atom stereocenters. The highest BCUT2D eigenvalue weighted by Crippen LogP contribution is 1.97. The van der Waals surface area contributed by atoms with E-state index in [1.165, 1.54) is 0 Å². The summed E-state index contributed by atoms with van der Waals surface area (Å²) >= 11 is 0. The first-order valence-electron chi connectivity index (χ1n) is 2.39. The van der Waals surface area contributed by atoms with E-state index in [-0.39, 0.29) is 0 Å². The Bertz CT molecular complexity index is 164. The van der Waals surface area contributed by atoms with Crippen LogP contribution < -0.4 is 10.7 Å². The van der Waals surface area contributed by atoms with Crippen LogP contribution in [0.15, 0.2) is 12.5 Å². The molecule has 0 aliphatic rings. The summed E-state index contributed by atoms with van der Waals surface area (Å²) in [7, 11) is 0. The first-order chi connectivity index (χ1) is 3.80. The number of aromatic nitrogens is 2. The predicted octanol–water partition coefficient (Wildman–Crippen LogP) is -0.214. The van der Waals surface area contributed by atoms with Crippen molar-refractivity contribution in [1.82, 2.24) is 4.98 Å². The van der Waals surface area contributed by atoms with Crippen molar-refractivity contribution in [3.05, 3.63) is 18.1 Å². The zero-order chi connectivity index (χ0) is 5.98. The molecule has 1 aromatic heterocycles. The van der Waals surface area contributed by atoms with Gasteiger partial charge in [0.1, 0.15) is 0 Å². The summed E-state index contributed by atoms with van der Waals surface area (Å²) in [5, 5.41) is 0. The van der Waals surface area contributed by atoms with Crippen LogP contribution in [-0.2, 0) is 0 Å². The fraction of sp³-hybridized carbons (Fsp3) is 0.200. The normalized spacial score (nSPS) is 9.12. The number of rotatable bonds is 0. The molecular formula is C5H8N3+. The lowest BCUT2D eigenvalue weighted by atomic mass is 10.4. The second-order valence-electron chi connectivity index (χ2n) is 1.64. The maximum Gasteiger partial charge on any atom is 0.286 e. The number of hydrogen-bond donors (Lipinski definition) is 1. The zero-order valence-corrected chi connectivity index (χ0v) is 4.68. The van der Waals surface area contributed by atoms with Crippen LogP contribution in [0.4, 0.5) is 5.82 Å². The van der Waals surface area contributed by atoms with E-state index in [9.17, 15) is 0 Å². The van der Waals surface area contributed by atoms with Crippen molar-refractivity contribution >= 4 is 5.82 Å². The van der Waals surface area contributed by atoms with Gasteiger partial charge in [-0.1, -0.05) is 0 Å². The van der Waals surface area contributed by atoms with Gasteiger partial charge in [0, 0.05) is 0 Å². The first-order valence-corrected chi connectivity index (χ1v) is 2.39. The fourth-order valence-electron chi connectivity index (χ4n) is 0.445. The highest BCUT2D eigenvalue weighted by molar-refractivity contribution is 5.33. The van der Waals surface area contributed by atoms with Crippen molar-refractivity contribution in [3.8, 4) is 0 Å².